The molecular formula is C16H16N2O5S. The highest BCUT2D eigenvalue weighted by Crippen LogP contribution is 2.21. The number of carbonyl (C=O) groups is 2. The average molecular weight is 348 g/mol. The fourth-order valence-electron chi connectivity index (χ4n) is 1.98. The largest absolute Gasteiger partial charge is 0.478 e. The molecule has 0 fully saturated rings. The van der Waals surface area contributed by atoms with Crippen molar-refractivity contribution in [1.82, 2.24) is 0 Å². The van der Waals surface area contributed by atoms with Crippen molar-refractivity contribution in [2.24, 2.45) is 0 Å². The van der Waals surface area contributed by atoms with Crippen LogP contribution in [0.1, 0.15) is 26.3 Å². The van der Waals surface area contributed by atoms with Gasteiger partial charge in [0.2, 0.25) is 10.0 Å². The number of anilines is 2. The third-order valence-electron chi connectivity index (χ3n) is 3.18. The number of rotatable bonds is 5. The molecule has 126 valence electrons. The molecule has 0 saturated heterocycles. The lowest BCUT2D eigenvalue weighted by molar-refractivity contribution is 0.0696. The Kier molecular flexibility index (Phi) is 4.89. The van der Waals surface area contributed by atoms with Gasteiger partial charge in [-0.15, -0.1) is 0 Å². The Hall–Kier alpha value is -2.87. The number of hydrogen-bond donors (Lipinski definition) is 3. The smallest absolute Gasteiger partial charge is 0.335 e. The Morgan fingerprint density at radius 3 is 2.12 bits per heavy atom. The molecule has 0 atom stereocenters. The molecule has 0 bridgehead atoms. The van der Waals surface area contributed by atoms with Crippen LogP contribution in [0.25, 0.3) is 0 Å². The van der Waals surface area contributed by atoms with E-state index in [9.17, 15) is 18.0 Å². The Bertz CT molecular complexity index is 889. The molecule has 0 aliphatic carbocycles. The molecule has 0 radical (unpaired) electrons. The normalized spacial score (nSPS) is 10.9. The maximum atomic E-state index is 12.2. The number of aromatic carboxylic acids is 1. The van der Waals surface area contributed by atoms with E-state index in [1.54, 1.807) is 19.1 Å². The van der Waals surface area contributed by atoms with Gasteiger partial charge in [-0.1, -0.05) is 6.07 Å². The highest BCUT2D eigenvalue weighted by Gasteiger charge is 2.10. The maximum absolute atomic E-state index is 12.2. The first-order valence-corrected chi connectivity index (χ1v) is 8.78. The molecule has 24 heavy (non-hydrogen) atoms. The summed E-state index contributed by atoms with van der Waals surface area (Å²) in [6, 6.07) is 10.3. The van der Waals surface area contributed by atoms with E-state index in [4.69, 9.17) is 5.11 Å². The second-order valence-electron chi connectivity index (χ2n) is 5.24. The summed E-state index contributed by atoms with van der Waals surface area (Å²) in [5, 5.41) is 11.5. The molecule has 0 aromatic heterocycles. The van der Waals surface area contributed by atoms with E-state index in [1.165, 1.54) is 30.3 Å². The monoisotopic (exact) mass is 348 g/mol. The minimum atomic E-state index is -3.43. The lowest BCUT2D eigenvalue weighted by Crippen LogP contribution is -2.14. The second-order valence-corrected chi connectivity index (χ2v) is 6.99. The summed E-state index contributed by atoms with van der Waals surface area (Å²) in [4.78, 5) is 23.0. The number of benzene rings is 2. The first-order valence-electron chi connectivity index (χ1n) is 6.89. The number of carbonyl (C=O) groups excluding carboxylic acids is 1. The molecule has 2 rings (SSSR count). The Labute approximate surface area is 139 Å². The first-order chi connectivity index (χ1) is 11.2. The van der Waals surface area contributed by atoms with E-state index >= 15 is 0 Å². The number of aryl methyl sites for hydroxylation is 1. The van der Waals surface area contributed by atoms with E-state index in [1.807, 2.05) is 0 Å². The van der Waals surface area contributed by atoms with Gasteiger partial charge >= 0.3 is 5.97 Å². The number of nitrogens with one attached hydrogen (secondary N) is 2. The molecule has 0 unspecified atom stereocenters. The third kappa shape index (κ3) is 4.56. The molecule has 0 aliphatic heterocycles. The van der Waals surface area contributed by atoms with E-state index in [0.29, 0.717) is 16.9 Å². The zero-order chi connectivity index (χ0) is 17.9. The number of sulfonamides is 1. The summed E-state index contributed by atoms with van der Waals surface area (Å²) in [6.07, 6.45) is 1.04. The van der Waals surface area contributed by atoms with Crippen LogP contribution in [0.2, 0.25) is 0 Å². The molecule has 0 spiro atoms. The van der Waals surface area contributed by atoms with Crippen molar-refractivity contribution in [3.8, 4) is 0 Å². The Balaban J connectivity index is 2.19. The zero-order valence-electron chi connectivity index (χ0n) is 13.0. The molecular weight excluding hydrogens is 332 g/mol. The quantitative estimate of drug-likeness (QED) is 0.767. The summed E-state index contributed by atoms with van der Waals surface area (Å²) in [7, 11) is -3.43. The second kappa shape index (κ2) is 6.71. The van der Waals surface area contributed by atoms with Crippen molar-refractivity contribution in [2.45, 2.75) is 6.92 Å². The lowest BCUT2D eigenvalue weighted by atomic mass is 10.1. The van der Waals surface area contributed by atoms with Gasteiger partial charge in [0.25, 0.3) is 5.91 Å². The van der Waals surface area contributed by atoms with E-state index < -0.39 is 21.9 Å². The van der Waals surface area contributed by atoms with Gasteiger partial charge in [-0.25, -0.2) is 13.2 Å². The highest BCUT2D eigenvalue weighted by molar-refractivity contribution is 7.92. The van der Waals surface area contributed by atoms with Crippen molar-refractivity contribution in [3.63, 3.8) is 0 Å². The summed E-state index contributed by atoms with van der Waals surface area (Å²) >= 11 is 0. The van der Waals surface area contributed by atoms with Gasteiger partial charge in [-0.05, 0) is 48.9 Å². The van der Waals surface area contributed by atoms with Crippen LogP contribution in [0.3, 0.4) is 0 Å². The van der Waals surface area contributed by atoms with E-state index in [0.717, 1.165) is 6.26 Å². The van der Waals surface area contributed by atoms with Gasteiger partial charge < -0.3 is 10.4 Å². The minimum Gasteiger partial charge on any atom is -0.478 e. The van der Waals surface area contributed by atoms with Crippen LogP contribution >= 0.6 is 0 Å². The predicted molar refractivity (Wildman–Crippen MR) is 91.0 cm³/mol. The number of amides is 1. The van der Waals surface area contributed by atoms with E-state index in [-0.39, 0.29) is 11.1 Å². The number of carboxylic acids is 1. The van der Waals surface area contributed by atoms with Gasteiger partial charge in [0.15, 0.2) is 0 Å². The van der Waals surface area contributed by atoms with Crippen molar-refractivity contribution in [3.05, 3.63) is 59.2 Å². The molecule has 1 amide bonds. The molecule has 0 heterocycles. The molecule has 0 aliphatic rings. The Morgan fingerprint density at radius 1 is 1.00 bits per heavy atom. The van der Waals surface area contributed by atoms with Gasteiger partial charge in [-0.2, -0.15) is 0 Å². The third-order valence-corrected chi connectivity index (χ3v) is 3.78. The molecule has 0 saturated carbocycles. The summed E-state index contributed by atoms with van der Waals surface area (Å²) in [6.45, 7) is 1.74. The van der Waals surface area contributed by atoms with Crippen molar-refractivity contribution in [2.75, 3.05) is 16.3 Å². The average Bonchev–Trinajstić information content (AvgIpc) is 2.49. The van der Waals surface area contributed by atoms with Crippen LogP contribution < -0.4 is 10.0 Å². The standard InChI is InChI=1S/C16H16N2O5S/c1-10-3-8-13(9-14(10)18-24(2,22)23)17-15(19)11-4-6-12(7-5-11)16(20)21/h3-9,18H,1-2H3,(H,17,19)(H,20,21). The topological polar surface area (TPSA) is 113 Å². The summed E-state index contributed by atoms with van der Waals surface area (Å²) < 4.78 is 25.1. The zero-order valence-corrected chi connectivity index (χ0v) is 13.8. The predicted octanol–water partition coefficient (Wildman–Crippen LogP) is 2.32. The van der Waals surface area contributed by atoms with Crippen LogP contribution in [0.5, 0.6) is 0 Å². The van der Waals surface area contributed by atoms with Gasteiger partial charge in [0.05, 0.1) is 17.5 Å². The summed E-state index contributed by atoms with van der Waals surface area (Å²) in [5.41, 5.74) is 1.87. The summed E-state index contributed by atoms with van der Waals surface area (Å²) in [5.74, 6) is -1.50. The van der Waals surface area contributed by atoms with Gasteiger partial charge in [-0.3, -0.25) is 9.52 Å². The number of carboxylic acid groups (broad SMARTS) is 1. The lowest BCUT2D eigenvalue weighted by Gasteiger charge is -2.11. The minimum absolute atomic E-state index is 0.0847. The maximum Gasteiger partial charge on any atom is 0.335 e. The SMILES string of the molecule is Cc1ccc(NC(=O)c2ccc(C(=O)O)cc2)cc1NS(C)(=O)=O. The van der Waals surface area contributed by atoms with Gasteiger partial charge in [0.1, 0.15) is 0 Å². The van der Waals surface area contributed by atoms with Crippen molar-refractivity contribution < 1.29 is 23.1 Å². The van der Waals surface area contributed by atoms with Crippen molar-refractivity contribution >= 4 is 33.3 Å². The van der Waals surface area contributed by atoms with Crippen LogP contribution in [0, 0.1) is 6.92 Å². The van der Waals surface area contributed by atoms with E-state index in [2.05, 4.69) is 10.0 Å². The van der Waals surface area contributed by atoms with Crippen LogP contribution in [0.15, 0.2) is 42.5 Å². The van der Waals surface area contributed by atoms with Crippen LogP contribution in [0.4, 0.5) is 11.4 Å². The molecule has 3 N–H and O–H groups in total. The van der Waals surface area contributed by atoms with Crippen molar-refractivity contribution in [1.29, 1.82) is 0 Å². The first kappa shape index (κ1) is 17.5. The molecule has 2 aromatic rings. The molecule has 7 nitrogen and oxygen atoms in total. The van der Waals surface area contributed by atoms with Gasteiger partial charge in [0, 0.05) is 11.3 Å². The van der Waals surface area contributed by atoms with Crippen LogP contribution in [-0.2, 0) is 10.0 Å². The number of hydrogen-bond acceptors (Lipinski definition) is 4. The molecule has 2 aromatic carbocycles. The Morgan fingerprint density at radius 2 is 1.58 bits per heavy atom. The van der Waals surface area contributed by atoms with Crippen LogP contribution in [-0.4, -0.2) is 31.7 Å². The fraction of sp³-hybridized carbons (Fsp3) is 0.125. The fourth-order valence-corrected chi connectivity index (χ4v) is 2.60. The highest BCUT2D eigenvalue weighted by atomic mass is 32.2. The molecule has 8 heteroatoms.